The summed E-state index contributed by atoms with van der Waals surface area (Å²) in [6, 6.07) is 0.409. The molecule has 0 aromatic rings. The van der Waals surface area contributed by atoms with Gasteiger partial charge in [0.05, 0.1) is 18.3 Å². The monoisotopic (exact) mass is 312 g/mol. The quantitative estimate of drug-likeness (QED) is 0.838. The lowest BCUT2D eigenvalue weighted by atomic mass is 9.99. The summed E-state index contributed by atoms with van der Waals surface area (Å²) in [5, 5.41) is 10.1. The third-order valence-electron chi connectivity index (χ3n) is 4.54. The van der Waals surface area contributed by atoms with Crippen LogP contribution in [0.4, 0.5) is 0 Å². The number of aliphatic hydroxyl groups excluding tert-OH is 1. The molecule has 22 heavy (non-hydrogen) atoms. The van der Waals surface area contributed by atoms with Crippen molar-refractivity contribution in [1.29, 1.82) is 0 Å². The Morgan fingerprint density at radius 2 is 1.91 bits per heavy atom. The van der Waals surface area contributed by atoms with Gasteiger partial charge in [-0.2, -0.15) is 0 Å². The number of likely N-dealkylation sites (tertiary alicyclic amines) is 2. The molecule has 1 atom stereocenters. The molecule has 0 aliphatic carbocycles. The smallest absolute Gasteiger partial charge is 0.222 e. The van der Waals surface area contributed by atoms with Gasteiger partial charge in [-0.05, 0) is 46.5 Å². The molecule has 2 rings (SSSR count). The highest BCUT2D eigenvalue weighted by atomic mass is 16.5. The van der Waals surface area contributed by atoms with E-state index in [4.69, 9.17) is 4.74 Å². The number of aliphatic hydroxyl groups is 1. The van der Waals surface area contributed by atoms with E-state index in [2.05, 4.69) is 9.80 Å². The number of β-amino-alcohol motifs (C(OH)–C–C–N with tert-alkyl or cyclic N) is 1. The molecule has 0 bridgehead atoms. The van der Waals surface area contributed by atoms with Crippen LogP contribution in [0.1, 0.15) is 52.9 Å². The van der Waals surface area contributed by atoms with Gasteiger partial charge in [0.15, 0.2) is 0 Å². The van der Waals surface area contributed by atoms with Crippen molar-refractivity contribution in [3.05, 3.63) is 0 Å². The summed E-state index contributed by atoms with van der Waals surface area (Å²) in [5.74, 6) is 0.336. The first kappa shape index (κ1) is 17.7. The van der Waals surface area contributed by atoms with Gasteiger partial charge in [0.25, 0.3) is 0 Å². The average Bonchev–Trinajstić information content (AvgIpc) is 2.46. The van der Waals surface area contributed by atoms with Gasteiger partial charge in [0, 0.05) is 38.6 Å². The number of piperidine rings is 2. The number of hydrogen-bond acceptors (Lipinski definition) is 4. The van der Waals surface area contributed by atoms with E-state index in [0.717, 1.165) is 51.7 Å². The minimum absolute atomic E-state index is 0.206. The van der Waals surface area contributed by atoms with Crippen LogP contribution >= 0.6 is 0 Å². The molecular weight excluding hydrogens is 280 g/mol. The van der Waals surface area contributed by atoms with Crippen LogP contribution in [0.25, 0.3) is 0 Å². The van der Waals surface area contributed by atoms with Crippen molar-refractivity contribution < 1.29 is 14.6 Å². The van der Waals surface area contributed by atoms with Crippen LogP contribution in [0.15, 0.2) is 0 Å². The number of hydrogen-bond donors (Lipinski definition) is 1. The Bertz CT molecular complexity index is 359. The highest BCUT2D eigenvalue weighted by Crippen LogP contribution is 2.22. The van der Waals surface area contributed by atoms with E-state index in [1.165, 1.54) is 0 Å². The molecule has 2 saturated heterocycles. The van der Waals surface area contributed by atoms with Gasteiger partial charge in [0.2, 0.25) is 5.91 Å². The SMILES string of the molecule is CC(C)(C)OCC(O)CN1CCC(N2CCCCC2=O)CC1. The number of rotatable bonds is 5. The van der Waals surface area contributed by atoms with E-state index in [1.54, 1.807) is 0 Å². The van der Waals surface area contributed by atoms with Gasteiger partial charge < -0.3 is 19.6 Å². The Labute approximate surface area is 134 Å². The topological polar surface area (TPSA) is 53.0 Å². The van der Waals surface area contributed by atoms with Crippen molar-refractivity contribution in [2.75, 3.05) is 32.8 Å². The molecule has 1 unspecified atom stereocenters. The van der Waals surface area contributed by atoms with Crippen LogP contribution in [-0.2, 0) is 9.53 Å². The van der Waals surface area contributed by atoms with Crippen molar-refractivity contribution in [3.8, 4) is 0 Å². The van der Waals surface area contributed by atoms with E-state index in [9.17, 15) is 9.90 Å². The van der Waals surface area contributed by atoms with Gasteiger partial charge >= 0.3 is 0 Å². The molecule has 0 spiro atoms. The normalized spacial score (nSPS) is 23.8. The van der Waals surface area contributed by atoms with E-state index >= 15 is 0 Å². The van der Waals surface area contributed by atoms with E-state index < -0.39 is 6.10 Å². The number of carbonyl (C=O) groups excluding carboxylic acids is 1. The highest BCUT2D eigenvalue weighted by molar-refractivity contribution is 5.77. The molecule has 5 nitrogen and oxygen atoms in total. The van der Waals surface area contributed by atoms with Crippen LogP contribution in [-0.4, -0.2) is 71.3 Å². The number of carbonyl (C=O) groups is 1. The summed E-state index contributed by atoms with van der Waals surface area (Å²) < 4.78 is 5.63. The summed E-state index contributed by atoms with van der Waals surface area (Å²) in [6.45, 7) is 9.90. The van der Waals surface area contributed by atoms with Gasteiger partial charge in [-0.15, -0.1) is 0 Å². The summed E-state index contributed by atoms with van der Waals surface area (Å²) in [7, 11) is 0. The van der Waals surface area contributed by atoms with Gasteiger partial charge in [-0.1, -0.05) is 0 Å². The fourth-order valence-electron chi connectivity index (χ4n) is 3.32. The zero-order valence-electron chi connectivity index (χ0n) is 14.4. The van der Waals surface area contributed by atoms with Gasteiger partial charge in [0.1, 0.15) is 0 Å². The first-order valence-electron chi connectivity index (χ1n) is 8.69. The number of amides is 1. The van der Waals surface area contributed by atoms with Crippen LogP contribution in [0.3, 0.4) is 0 Å². The van der Waals surface area contributed by atoms with Gasteiger partial charge in [-0.25, -0.2) is 0 Å². The van der Waals surface area contributed by atoms with E-state index in [0.29, 0.717) is 25.1 Å². The number of nitrogens with zero attached hydrogens (tertiary/aromatic N) is 2. The fourth-order valence-corrected chi connectivity index (χ4v) is 3.32. The van der Waals surface area contributed by atoms with E-state index in [1.807, 2.05) is 20.8 Å². The third kappa shape index (κ3) is 5.52. The van der Waals surface area contributed by atoms with Crippen LogP contribution in [0.5, 0.6) is 0 Å². The molecule has 1 amide bonds. The zero-order chi connectivity index (χ0) is 16.2. The van der Waals surface area contributed by atoms with Gasteiger partial charge in [-0.3, -0.25) is 4.79 Å². The summed E-state index contributed by atoms with van der Waals surface area (Å²) in [6.07, 6.45) is 4.54. The Kier molecular flexibility index (Phi) is 6.24. The molecule has 2 aliphatic heterocycles. The Morgan fingerprint density at radius 3 is 2.50 bits per heavy atom. The minimum Gasteiger partial charge on any atom is -0.389 e. The predicted octanol–water partition coefficient (Wildman–Crippen LogP) is 1.64. The fraction of sp³-hybridized carbons (Fsp3) is 0.941. The first-order chi connectivity index (χ1) is 10.3. The van der Waals surface area contributed by atoms with Crippen LogP contribution < -0.4 is 0 Å². The Balaban J connectivity index is 1.69. The molecule has 1 N–H and O–H groups in total. The molecule has 0 saturated carbocycles. The third-order valence-corrected chi connectivity index (χ3v) is 4.54. The van der Waals surface area contributed by atoms with Crippen molar-refractivity contribution in [1.82, 2.24) is 9.80 Å². The largest absolute Gasteiger partial charge is 0.389 e. The summed E-state index contributed by atoms with van der Waals surface area (Å²) >= 11 is 0. The van der Waals surface area contributed by atoms with Crippen LogP contribution in [0.2, 0.25) is 0 Å². The molecule has 2 heterocycles. The Hall–Kier alpha value is -0.650. The van der Waals surface area contributed by atoms with Crippen molar-refractivity contribution >= 4 is 5.91 Å². The minimum atomic E-state index is -0.438. The maximum atomic E-state index is 12.0. The summed E-state index contributed by atoms with van der Waals surface area (Å²) in [5.41, 5.74) is -0.206. The predicted molar refractivity (Wildman–Crippen MR) is 86.7 cm³/mol. The molecule has 0 aromatic carbocycles. The zero-order valence-corrected chi connectivity index (χ0v) is 14.4. The molecule has 2 fully saturated rings. The van der Waals surface area contributed by atoms with Crippen molar-refractivity contribution in [2.24, 2.45) is 0 Å². The second-order valence-corrected chi connectivity index (χ2v) is 7.65. The van der Waals surface area contributed by atoms with Crippen molar-refractivity contribution in [3.63, 3.8) is 0 Å². The van der Waals surface area contributed by atoms with E-state index in [-0.39, 0.29) is 5.60 Å². The maximum Gasteiger partial charge on any atom is 0.222 e. The molecule has 5 heteroatoms. The highest BCUT2D eigenvalue weighted by Gasteiger charge is 2.29. The maximum absolute atomic E-state index is 12.0. The molecule has 2 aliphatic rings. The second kappa shape index (κ2) is 7.75. The molecule has 0 radical (unpaired) electrons. The summed E-state index contributed by atoms with van der Waals surface area (Å²) in [4.78, 5) is 16.4. The lowest BCUT2D eigenvalue weighted by Crippen LogP contribution is -2.50. The lowest BCUT2D eigenvalue weighted by Gasteiger charge is -2.40. The standard InChI is InChI=1S/C17H32N2O3/c1-17(2,3)22-13-15(20)12-18-10-7-14(8-11-18)19-9-5-4-6-16(19)21/h14-15,20H,4-13H2,1-3H3. The molecule has 128 valence electrons. The lowest BCUT2D eigenvalue weighted by molar-refractivity contribution is -0.137. The molecular formula is C17H32N2O3. The molecule has 0 aromatic heterocycles. The van der Waals surface area contributed by atoms with Crippen LogP contribution in [0, 0.1) is 0 Å². The first-order valence-corrected chi connectivity index (χ1v) is 8.69. The Morgan fingerprint density at radius 1 is 1.23 bits per heavy atom. The average molecular weight is 312 g/mol. The second-order valence-electron chi connectivity index (χ2n) is 7.65. The number of ether oxygens (including phenoxy) is 1. The van der Waals surface area contributed by atoms with Crippen molar-refractivity contribution in [2.45, 2.75) is 70.6 Å².